The van der Waals surface area contributed by atoms with Crippen molar-refractivity contribution in [2.75, 3.05) is 5.32 Å². The third-order valence-electron chi connectivity index (χ3n) is 2.89. The molecule has 0 unspecified atom stereocenters. The molecule has 2 aromatic rings. The van der Waals surface area contributed by atoms with Crippen molar-refractivity contribution in [3.63, 3.8) is 0 Å². The Hall–Kier alpha value is -2.03. The highest BCUT2D eigenvalue weighted by Crippen LogP contribution is 2.21. The Morgan fingerprint density at radius 1 is 1.11 bits per heavy atom. The molecule has 0 fully saturated rings. The van der Waals surface area contributed by atoms with Crippen molar-refractivity contribution in [3.8, 4) is 5.75 Å². The van der Waals surface area contributed by atoms with Gasteiger partial charge in [0.25, 0.3) is 0 Å². The molecule has 2 N–H and O–H groups in total. The van der Waals surface area contributed by atoms with E-state index in [0.717, 1.165) is 16.8 Å². The van der Waals surface area contributed by atoms with Gasteiger partial charge in [0.05, 0.1) is 0 Å². The summed E-state index contributed by atoms with van der Waals surface area (Å²) in [5.41, 5.74) is 3.25. The molecule has 2 aromatic carbocycles. The van der Waals surface area contributed by atoms with E-state index in [4.69, 9.17) is 0 Å². The van der Waals surface area contributed by atoms with E-state index in [2.05, 4.69) is 5.32 Å². The summed E-state index contributed by atoms with van der Waals surface area (Å²) < 4.78 is 13.5. The summed E-state index contributed by atoms with van der Waals surface area (Å²) in [7, 11) is 0. The topological polar surface area (TPSA) is 32.3 Å². The minimum atomic E-state index is -0.218. The van der Waals surface area contributed by atoms with Gasteiger partial charge in [-0.2, -0.15) is 0 Å². The lowest BCUT2D eigenvalue weighted by Crippen LogP contribution is -2.02. The summed E-state index contributed by atoms with van der Waals surface area (Å²) in [6.45, 7) is 4.16. The van der Waals surface area contributed by atoms with Gasteiger partial charge in [-0.15, -0.1) is 0 Å². The molecule has 2 nitrogen and oxygen atoms in total. The van der Waals surface area contributed by atoms with E-state index in [-0.39, 0.29) is 11.6 Å². The normalized spacial score (nSPS) is 10.4. The highest BCUT2D eigenvalue weighted by molar-refractivity contribution is 5.51. The molecule has 0 bridgehead atoms. The molecule has 0 spiro atoms. The number of hydrogen-bond donors (Lipinski definition) is 2. The maximum absolute atomic E-state index is 13.5. The zero-order chi connectivity index (χ0) is 13.1. The first kappa shape index (κ1) is 12.4. The average Bonchev–Trinajstić information content (AvgIpc) is 2.34. The summed E-state index contributed by atoms with van der Waals surface area (Å²) in [4.78, 5) is 0. The fourth-order valence-electron chi connectivity index (χ4n) is 1.76. The monoisotopic (exact) mass is 245 g/mol. The number of nitrogens with one attached hydrogen (secondary N) is 1. The Bertz CT molecular complexity index is 566. The van der Waals surface area contributed by atoms with E-state index in [1.54, 1.807) is 12.1 Å². The molecule has 94 valence electrons. The lowest BCUT2D eigenvalue weighted by molar-refractivity contribution is 0.471. The molecular formula is C15H16FNO. The largest absolute Gasteiger partial charge is 0.508 e. The van der Waals surface area contributed by atoms with E-state index < -0.39 is 0 Å². The van der Waals surface area contributed by atoms with Gasteiger partial charge in [0, 0.05) is 23.9 Å². The quantitative estimate of drug-likeness (QED) is 0.863. The molecule has 2 rings (SSSR count). The lowest BCUT2D eigenvalue weighted by Gasteiger charge is -2.09. The Kier molecular flexibility index (Phi) is 3.51. The Morgan fingerprint density at radius 3 is 2.61 bits per heavy atom. The number of anilines is 1. The van der Waals surface area contributed by atoms with Crippen molar-refractivity contribution in [2.45, 2.75) is 20.4 Å². The first-order chi connectivity index (χ1) is 8.56. The highest BCUT2D eigenvalue weighted by Gasteiger charge is 2.03. The number of aromatic hydroxyl groups is 1. The van der Waals surface area contributed by atoms with Crippen molar-refractivity contribution >= 4 is 5.69 Å². The standard InChI is InChI=1S/C15H16FNO/c1-10-3-6-14(16)12(7-10)9-17-13-5-4-11(2)15(18)8-13/h3-8,17-18H,9H2,1-2H3. The lowest BCUT2D eigenvalue weighted by atomic mass is 10.1. The van der Waals surface area contributed by atoms with Crippen LogP contribution in [0.5, 0.6) is 5.75 Å². The molecule has 0 heterocycles. The summed E-state index contributed by atoms with van der Waals surface area (Å²) >= 11 is 0. The number of phenolic OH excluding ortho intramolecular Hbond substituents is 1. The molecule has 0 atom stereocenters. The van der Waals surface area contributed by atoms with Crippen molar-refractivity contribution in [3.05, 3.63) is 58.9 Å². The Labute approximate surface area is 106 Å². The van der Waals surface area contributed by atoms with Crippen LogP contribution in [0, 0.1) is 19.7 Å². The molecular weight excluding hydrogens is 229 g/mol. The Morgan fingerprint density at radius 2 is 1.89 bits per heavy atom. The van der Waals surface area contributed by atoms with Gasteiger partial charge in [0.1, 0.15) is 11.6 Å². The second-order valence-corrected chi connectivity index (χ2v) is 4.45. The number of aryl methyl sites for hydroxylation is 2. The van der Waals surface area contributed by atoms with Crippen molar-refractivity contribution < 1.29 is 9.50 Å². The second kappa shape index (κ2) is 5.08. The van der Waals surface area contributed by atoms with Crippen LogP contribution in [0.1, 0.15) is 16.7 Å². The van der Waals surface area contributed by atoms with Crippen LogP contribution in [0.4, 0.5) is 10.1 Å². The molecule has 0 radical (unpaired) electrons. The number of benzene rings is 2. The summed E-state index contributed by atoms with van der Waals surface area (Å²) in [5, 5.41) is 12.7. The number of phenols is 1. The third kappa shape index (κ3) is 2.80. The third-order valence-corrected chi connectivity index (χ3v) is 2.89. The van der Waals surface area contributed by atoms with Crippen molar-refractivity contribution in [2.24, 2.45) is 0 Å². The SMILES string of the molecule is Cc1ccc(F)c(CNc2ccc(C)c(O)c2)c1. The van der Waals surface area contributed by atoms with Gasteiger partial charge in [0.2, 0.25) is 0 Å². The van der Waals surface area contributed by atoms with Gasteiger partial charge in [-0.05, 0) is 31.5 Å². The van der Waals surface area contributed by atoms with E-state index in [1.807, 2.05) is 32.0 Å². The van der Waals surface area contributed by atoms with Crippen LogP contribution in [0.2, 0.25) is 0 Å². The fraction of sp³-hybridized carbons (Fsp3) is 0.200. The first-order valence-electron chi connectivity index (χ1n) is 5.85. The smallest absolute Gasteiger partial charge is 0.128 e. The fourth-order valence-corrected chi connectivity index (χ4v) is 1.76. The zero-order valence-corrected chi connectivity index (χ0v) is 10.5. The van der Waals surface area contributed by atoms with Crippen LogP contribution in [0.25, 0.3) is 0 Å². The molecule has 18 heavy (non-hydrogen) atoms. The second-order valence-electron chi connectivity index (χ2n) is 4.45. The van der Waals surface area contributed by atoms with Crippen LogP contribution >= 0.6 is 0 Å². The van der Waals surface area contributed by atoms with Crippen LogP contribution in [0.3, 0.4) is 0 Å². The van der Waals surface area contributed by atoms with Crippen LogP contribution < -0.4 is 5.32 Å². The van der Waals surface area contributed by atoms with Gasteiger partial charge < -0.3 is 10.4 Å². The van der Waals surface area contributed by atoms with E-state index in [0.29, 0.717) is 12.1 Å². The minimum Gasteiger partial charge on any atom is -0.508 e. The average molecular weight is 245 g/mol. The van der Waals surface area contributed by atoms with Crippen molar-refractivity contribution in [1.82, 2.24) is 0 Å². The maximum atomic E-state index is 13.5. The predicted octanol–water partition coefficient (Wildman–Crippen LogP) is 3.76. The van der Waals surface area contributed by atoms with Gasteiger partial charge in [-0.3, -0.25) is 0 Å². The van der Waals surface area contributed by atoms with Crippen LogP contribution in [-0.2, 0) is 6.54 Å². The summed E-state index contributed by atoms with van der Waals surface area (Å²) in [6.07, 6.45) is 0. The number of halogens is 1. The summed E-state index contributed by atoms with van der Waals surface area (Å²) in [6, 6.07) is 10.4. The molecule has 0 aliphatic heterocycles. The summed E-state index contributed by atoms with van der Waals surface area (Å²) in [5.74, 6) is 0.0224. The van der Waals surface area contributed by atoms with Gasteiger partial charge >= 0.3 is 0 Å². The number of rotatable bonds is 3. The van der Waals surface area contributed by atoms with Crippen LogP contribution in [-0.4, -0.2) is 5.11 Å². The zero-order valence-electron chi connectivity index (χ0n) is 10.5. The minimum absolute atomic E-state index is 0.218. The van der Waals surface area contributed by atoms with Gasteiger partial charge in [0.15, 0.2) is 0 Å². The maximum Gasteiger partial charge on any atom is 0.128 e. The first-order valence-corrected chi connectivity index (χ1v) is 5.85. The predicted molar refractivity (Wildman–Crippen MR) is 71.3 cm³/mol. The number of hydrogen-bond acceptors (Lipinski definition) is 2. The van der Waals surface area contributed by atoms with E-state index >= 15 is 0 Å². The molecule has 0 amide bonds. The Balaban J connectivity index is 2.11. The van der Waals surface area contributed by atoms with E-state index in [9.17, 15) is 9.50 Å². The highest BCUT2D eigenvalue weighted by atomic mass is 19.1. The van der Waals surface area contributed by atoms with Crippen LogP contribution in [0.15, 0.2) is 36.4 Å². The molecule has 0 aromatic heterocycles. The van der Waals surface area contributed by atoms with Gasteiger partial charge in [-0.1, -0.05) is 23.8 Å². The van der Waals surface area contributed by atoms with Gasteiger partial charge in [-0.25, -0.2) is 4.39 Å². The van der Waals surface area contributed by atoms with E-state index in [1.165, 1.54) is 6.07 Å². The van der Waals surface area contributed by atoms with Crippen molar-refractivity contribution in [1.29, 1.82) is 0 Å². The molecule has 0 aliphatic rings. The molecule has 0 saturated heterocycles. The molecule has 0 aliphatic carbocycles. The molecule has 0 saturated carbocycles. The molecule has 3 heteroatoms.